The van der Waals surface area contributed by atoms with Crippen molar-refractivity contribution in [1.82, 2.24) is 10.6 Å². The average Bonchev–Trinajstić information content (AvgIpc) is 3.45. The Kier molecular flexibility index (Phi) is 12.1. The smallest absolute Gasteiger partial charge is 0.290 e. The van der Waals surface area contributed by atoms with Gasteiger partial charge in [-0.3, -0.25) is 14.4 Å². The third-order valence-electron chi connectivity index (χ3n) is 5.81. The van der Waals surface area contributed by atoms with E-state index in [0.29, 0.717) is 24.3 Å². The molecule has 0 aliphatic rings. The van der Waals surface area contributed by atoms with Crippen LogP contribution in [0.4, 0.5) is 0 Å². The highest BCUT2D eigenvalue weighted by molar-refractivity contribution is 7.99. The molecule has 3 rings (SSSR count). The highest BCUT2D eigenvalue weighted by atomic mass is 32.2. The average molecular weight is 553 g/mol. The van der Waals surface area contributed by atoms with Crippen LogP contribution in [0, 0.1) is 5.92 Å². The summed E-state index contributed by atoms with van der Waals surface area (Å²) in [7, 11) is 1.36. The zero-order valence-electron chi connectivity index (χ0n) is 22.5. The molecule has 0 radical (unpaired) electrons. The van der Waals surface area contributed by atoms with E-state index in [9.17, 15) is 14.4 Å². The Morgan fingerprint density at radius 2 is 1.54 bits per heavy atom. The maximum absolute atomic E-state index is 13.5. The second-order valence-electron chi connectivity index (χ2n) is 9.48. The minimum absolute atomic E-state index is 0.101. The van der Waals surface area contributed by atoms with E-state index in [0.717, 1.165) is 11.3 Å². The normalized spacial score (nSPS) is 13.3. The number of thioether (sulfide) groups is 1. The highest BCUT2D eigenvalue weighted by Crippen LogP contribution is 2.16. The Balaban J connectivity index is 1.69. The van der Waals surface area contributed by atoms with Crippen LogP contribution in [-0.4, -0.2) is 48.8 Å². The summed E-state index contributed by atoms with van der Waals surface area (Å²) in [6.45, 7) is 3.91. The number of furan rings is 1. The predicted molar refractivity (Wildman–Crippen MR) is 151 cm³/mol. The van der Waals surface area contributed by atoms with Crippen LogP contribution >= 0.6 is 11.8 Å². The lowest BCUT2D eigenvalue weighted by molar-refractivity contribution is -0.150. The molecule has 208 valence electrons. The van der Waals surface area contributed by atoms with Gasteiger partial charge in [0.2, 0.25) is 5.91 Å². The second kappa shape index (κ2) is 15.8. The number of carbonyl (C=O) groups is 3. The molecule has 2 aromatic carbocycles. The molecule has 9 heteroatoms. The van der Waals surface area contributed by atoms with Gasteiger partial charge in [-0.1, -0.05) is 62.4 Å². The van der Waals surface area contributed by atoms with Gasteiger partial charge in [0.25, 0.3) is 12.2 Å². The first-order valence-electron chi connectivity index (χ1n) is 12.9. The van der Waals surface area contributed by atoms with Crippen molar-refractivity contribution in [2.45, 2.75) is 50.8 Å². The first-order valence-corrected chi connectivity index (χ1v) is 14.0. The van der Waals surface area contributed by atoms with Gasteiger partial charge in [-0.25, -0.2) is 0 Å². The van der Waals surface area contributed by atoms with Crippen LogP contribution in [0.15, 0.2) is 83.5 Å². The molecule has 3 atom stereocenters. The number of hydrogen-bond acceptors (Lipinski definition) is 7. The molecule has 0 aliphatic heterocycles. The van der Waals surface area contributed by atoms with Gasteiger partial charge in [0, 0.05) is 7.11 Å². The zero-order chi connectivity index (χ0) is 28.0. The van der Waals surface area contributed by atoms with Gasteiger partial charge in [0.1, 0.15) is 17.6 Å². The van der Waals surface area contributed by atoms with E-state index in [4.69, 9.17) is 13.9 Å². The Bertz CT molecular complexity index is 1150. The fourth-order valence-electron chi connectivity index (χ4n) is 3.89. The fourth-order valence-corrected chi connectivity index (χ4v) is 4.76. The molecular formula is C30H36N2O6S. The molecule has 0 saturated heterocycles. The lowest BCUT2D eigenvalue weighted by atomic mass is 10.00. The summed E-state index contributed by atoms with van der Waals surface area (Å²) in [5.74, 6) is 0.975. The SMILES string of the molecule is COC(Oc1ccccc1)C(=O)N[C@@H](CC(C)C)C(=O)N[C@@H](Cc1ccccc1)C(=O)CSCc1ccco1. The molecule has 8 nitrogen and oxygen atoms in total. The van der Waals surface area contributed by atoms with E-state index in [2.05, 4.69) is 10.6 Å². The third kappa shape index (κ3) is 10.3. The van der Waals surface area contributed by atoms with E-state index in [-0.39, 0.29) is 17.5 Å². The number of amides is 2. The van der Waals surface area contributed by atoms with Crippen LogP contribution in [0.3, 0.4) is 0 Å². The van der Waals surface area contributed by atoms with Gasteiger partial charge < -0.3 is 24.5 Å². The first kappa shape index (κ1) is 30.0. The fraction of sp³-hybridized carbons (Fsp3) is 0.367. The van der Waals surface area contributed by atoms with Crippen LogP contribution in [0.2, 0.25) is 0 Å². The van der Waals surface area contributed by atoms with E-state index >= 15 is 0 Å². The number of methoxy groups -OCH3 is 1. The van der Waals surface area contributed by atoms with Gasteiger partial charge >= 0.3 is 0 Å². The van der Waals surface area contributed by atoms with Crippen LogP contribution in [0.1, 0.15) is 31.6 Å². The summed E-state index contributed by atoms with van der Waals surface area (Å²) in [6, 6.07) is 20.4. The number of ketones is 1. The molecule has 39 heavy (non-hydrogen) atoms. The molecule has 2 N–H and O–H groups in total. The molecule has 1 heterocycles. The van der Waals surface area contributed by atoms with Crippen molar-refractivity contribution in [2.75, 3.05) is 12.9 Å². The summed E-state index contributed by atoms with van der Waals surface area (Å²) in [6.07, 6.45) is 1.07. The predicted octanol–water partition coefficient (Wildman–Crippen LogP) is 4.39. The standard InChI is InChI=1S/C30H36N2O6S/c1-21(2)17-26(32-29(35)30(36-3)38-23-13-8-5-9-14-23)28(34)31-25(18-22-11-6-4-7-12-22)27(33)20-39-19-24-15-10-16-37-24/h4-16,21,25-26,30H,17-20H2,1-3H3,(H,31,34)(H,32,35)/t25-,26-,30?/m0/s1. The maximum Gasteiger partial charge on any atom is 0.290 e. The van der Waals surface area contributed by atoms with Gasteiger partial charge in [0.05, 0.1) is 23.8 Å². The number of hydrogen-bond donors (Lipinski definition) is 2. The molecule has 0 fully saturated rings. The van der Waals surface area contributed by atoms with Crippen molar-refractivity contribution in [1.29, 1.82) is 0 Å². The molecule has 0 bridgehead atoms. The lowest BCUT2D eigenvalue weighted by Gasteiger charge is -2.25. The summed E-state index contributed by atoms with van der Waals surface area (Å²) < 4.78 is 16.2. The molecule has 2 amide bonds. The largest absolute Gasteiger partial charge is 0.468 e. The van der Waals surface area contributed by atoms with Gasteiger partial charge in [-0.2, -0.15) is 0 Å². The Labute approximate surface area is 233 Å². The molecule has 1 unspecified atom stereocenters. The summed E-state index contributed by atoms with van der Waals surface area (Å²) in [4.78, 5) is 39.7. The number of rotatable bonds is 16. The van der Waals surface area contributed by atoms with Gasteiger partial charge in [0.15, 0.2) is 5.78 Å². The molecule has 1 aromatic heterocycles. The monoisotopic (exact) mass is 552 g/mol. The first-order chi connectivity index (χ1) is 18.9. The van der Waals surface area contributed by atoms with Crippen molar-refractivity contribution in [2.24, 2.45) is 5.92 Å². The van der Waals surface area contributed by atoms with E-state index < -0.39 is 30.2 Å². The summed E-state index contributed by atoms with van der Waals surface area (Å²) in [5, 5.41) is 5.66. The summed E-state index contributed by atoms with van der Waals surface area (Å²) >= 11 is 1.43. The second-order valence-corrected chi connectivity index (χ2v) is 10.5. The number of ether oxygens (including phenoxy) is 2. The number of benzene rings is 2. The lowest BCUT2D eigenvalue weighted by Crippen LogP contribution is -2.55. The Hall–Kier alpha value is -3.56. The highest BCUT2D eigenvalue weighted by Gasteiger charge is 2.30. The molecule has 3 aromatic rings. The van der Waals surface area contributed by atoms with Crippen molar-refractivity contribution < 1.29 is 28.3 Å². The third-order valence-corrected chi connectivity index (χ3v) is 6.79. The minimum atomic E-state index is -1.24. The Morgan fingerprint density at radius 1 is 0.872 bits per heavy atom. The van der Waals surface area contributed by atoms with Crippen molar-refractivity contribution in [3.63, 3.8) is 0 Å². The number of carbonyl (C=O) groups excluding carboxylic acids is 3. The number of para-hydroxylation sites is 1. The van der Waals surface area contributed by atoms with Gasteiger partial charge in [-0.05, 0) is 48.6 Å². The molecule has 0 aliphatic carbocycles. The minimum Gasteiger partial charge on any atom is -0.468 e. The quantitative estimate of drug-likeness (QED) is 0.254. The number of Topliss-reactive ketones (excluding diaryl/α,β-unsaturated/α-hetero) is 1. The van der Waals surface area contributed by atoms with Crippen molar-refractivity contribution >= 4 is 29.4 Å². The topological polar surface area (TPSA) is 107 Å². The van der Waals surface area contributed by atoms with E-state index in [1.165, 1.54) is 18.9 Å². The molecular weight excluding hydrogens is 516 g/mol. The Morgan fingerprint density at radius 3 is 2.15 bits per heavy atom. The summed E-state index contributed by atoms with van der Waals surface area (Å²) in [5.41, 5.74) is 0.923. The molecule has 0 saturated carbocycles. The number of nitrogens with one attached hydrogen (secondary N) is 2. The van der Waals surface area contributed by atoms with Crippen molar-refractivity contribution in [3.05, 3.63) is 90.4 Å². The van der Waals surface area contributed by atoms with Gasteiger partial charge in [-0.15, -0.1) is 11.8 Å². The van der Waals surface area contributed by atoms with Crippen molar-refractivity contribution in [3.8, 4) is 5.75 Å². The van der Waals surface area contributed by atoms with Crippen LogP contribution in [-0.2, 0) is 31.3 Å². The van der Waals surface area contributed by atoms with Crippen LogP contribution in [0.25, 0.3) is 0 Å². The van der Waals surface area contributed by atoms with Crippen LogP contribution < -0.4 is 15.4 Å². The van der Waals surface area contributed by atoms with E-state index in [1.807, 2.05) is 56.3 Å². The maximum atomic E-state index is 13.5. The van der Waals surface area contributed by atoms with Crippen LogP contribution in [0.5, 0.6) is 5.75 Å². The zero-order valence-corrected chi connectivity index (χ0v) is 23.3. The van der Waals surface area contributed by atoms with E-state index in [1.54, 1.807) is 36.6 Å². The molecule has 0 spiro atoms.